The van der Waals surface area contributed by atoms with Crippen molar-refractivity contribution in [3.05, 3.63) is 12.4 Å². The molecule has 1 aliphatic heterocycles. The SMILES string of the molecule is N#CC1(C(=O)NCCn2ccnn2)CCOCC1. The van der Waals surface area contributed by atoms with Gasteiger partial charge in [-0.25, -0.2) is 0 Å². The highest BCUT2D eigenvalue weighted by molar-refractivity contribution is 5.85. The van der Waals surface area contributed by atoms with Crippen molar-refractivity contribution in [2.75, 3.05) is 19.8 Å². The molecule has 1 saturated heterocycles. The normalized spacial score (nSPS) is 17.9. The topological polar surface area (TPSA) is 92.8 Å². The molecule has 1 aliphatic rings. The second-order valence-corrected chi connectivity index (χ2v) is 4.23. The van der Waals surface area contributed by atoms with Gasteiger partial charge in [0.05, 0.1) is 18.8 Å². The molecule has 7 nitrogen and oxygen atoms in total. The first-order valence-electron chi connectivity index (χ1n) is 5.88. The molecule has 1 aromatic heterocycles. The van der Waals surface area contributed by atoms with Crippen LogP contribution >= 0.6 is 0 Å². The molecule has 18 heavy (non-hydrogen) atoms. The number of nitrogens with zero attached hydrogens (tertiary/aromatic N) is 4. The first kappa shape index (κ1) is 12.5. The summed E-state index contributed by atoms with van der Waals surface area (Å²) in [4.78, 5) is 12.0. The van der Waals surface area contributed by atoms with Crippen molar-refractivity contribution in [1.29, 1.82) is 5.26 Å². The number of rotatable bonds is 4. The minimum absolute atomic E-state index is 0.214. The van der Waals surface area contributed by atoms with E-state index in [9.17, 15) is 10.1 Å². The first-order chi connectivity index (χ1) is 8.77. The minimum Gasteiger partial charge on any atom is -0.381 e. The summed E-state index contributed by atoms with van der Waals surface area (Å²) >= 11 is 0. The Morgan fingerprint density at radius 1 is 1.56 bits per heavy atom. The molecule has 0 bridgehead atoms. The minimum atomic E-state index is -0.930. The molecular formula is C11H15N5O2. The smallest absolute Gasteiger partial charge is 0.240 e. The lowest BCUT2D eigenvalue weighted by Gasteiger charge is -2.29. The van der Waals surface area contributed by atoms with Crippen LogP contribution in [0.2, 0.25) is 0 Å². The van der Waals surface area contributed by atoms with Gasteiger partial charge in [-0.3, -0.25) is 9.48 Å². The summed E-state index contributed by atoms with van der Waals surface area (Å²) in [6, 6.07) is 2.13. The zero-order chi connectivity index (χ0) is 12.8. The molecule has 1 N–H and O–H groups in total. The number of ether oxygens (including phenoxy) is 1. The predicted octanol–water partition coefficient (Wildman–Crippen LogP) is -0.285. The lowest BCUT2D eigenvalue weighted by Crippen LogP contribution is -2.44. The highest BCUT2D eigenvalue weighted by Crippen LogP contribution is 2.29. The Labute approximate surface area is 105 Å². The van der Waals surface area contributed by atoms with Crippen molar-refractivity contribution in [1.82, 2.24) is 20.3 Å². The molecule has 0 aromatic carbocycles. The average molecular weight is 249 g/mol. The van der Waals surface area contributed by atoms with Gasteiger partial charge in [0.25, 0.3) is 0 Å². The Hall–Kier alpha value is -1.94. The van der Waals surface area contributed by atoms with E-state index in [0.29, 0.717) is 39.1 Å². The summed E-state index contributed by atoms with van der Waals surface area (Å²) < 4.78 is 6.81. The van der Waals surface area contributed by atoms with Crippen LogP contribution in [0.5, 0.6) is 0 Å². The molecule has 7 heteroatoms. The fraction of sp³-hybridized carbons (Fsp3) is 0.636. The molecular weight excluding hydrogens is 234 g/mol. The number of aromatic nitrogens is 3. The molecule has 2 rings (SSSR count). The number of amides is 1. The molecule has 0 radical (unpaired) electrons. The molecule has 2 heterocycles. The van der Waals surface area contributed by atoms with Gasteiger partial charge in [-0.05, 0) is 12.8 Å². The summed E-state index contributed by atoms with van der Waals surface area (Å²) in [5, 5.41) is 19.4. The number of carbonyl (C=O) groups excluding carboxylic acids is 1. The van der Waals surface area contributed by atoms with Crippen LogP contribution in [0.15, 0.2) is 12.4 Å². The third-order valence-electron chi connectivity index (χ3n) is 3.09. The molecule has 0 spiro atoms. The number of hydrogen-bond donors (Lipinski definition) is 1. The van der Waals surface area contributed by atoms with Crippen LogP contribution in [0.3, 0.4) is 0 Å². The van der Waals surface area contributed by atoms with E-state index in [2.05, 4.69) is 21.7 Å². The van der Waals surface area contributed by atoms with Crippen LogP contribution in [0.25, 0.3) is 0 Å². The molecule has 1 aromatic rings. The molecule has 96 valence electrons. The van der Waals surface area contributed by atoms with E-state index in [4.69, 9.17) is 4.74 Å². The summed E-state index contributed by atoms with van der Waals surface area (Å²) in [6.07, 6.45) is 4.22. The van der Waals surface area contributed by atoms with Crippen LogP contribution in [0.1, 0.15) is 12.8 Å². The maximum atomic E-state index is 12.0. The maximum Gasteiger partial charge on any atom is 0.240 e. The summed E-state index contributed by atoms with van der Waals surface area (Å²) in [5.41, 5.74) is -0.930. The van der Waals surface area contributed by atoms with Gasteiger partial charge in [0.1, 0.15) is 5.41 Å². The lowest BCUT2D eigenvalue weighted by atomic mass is 9.81. The lowest BCUT2D eigenvalue weighted by molar-refractivity contribution is -0.132. The van der Waals surface area contributed by atoms with Crippen LogP contribution in [-0.4, -0.2) is 40.7 Å². The summed E-state index contributed by atoms with van der Waals surface area (Å²) in [7, 11) is 0. The van der Waals surface area contributed by atoms with Gasteiger partial charge in [0.15, 0.2) is 0 Å². The predicted molar refractivity (Wildman–Crippen MR) is 61.1 cm³/mol. The second-order valence-electron chi connectivity index (χ2n) is 4.23. The van der Waals surface area contributed by atoms with Crippen molar-refractivity contribution in [3.63, 3.8) is 0 Å². The highest BCUT2D eigenvalue weighted by Gasteiger charge is 2.40. The van der Waals surface area contributed by atoms with Crippen LogP contribution in [0.4, 0.5) is 0 Å². The number of carbonyl (C=O) groups is 1. The van der Waals surface area contributed by atoms with Gasteiger partial charge < -0.3 is 10.1 Å². The van der Waals surface area contributed by atoms with Crippen molar-refractivity contribution in [3.8, 4) is 6.07 Å². The fourth-order valence-electron chi connectivity index (χ4n) is 1.91. The zero-order valence-corrected chi connectivity index (χ0v) is 10.0. The Morgan fingerprint density at radius 2 is 2.33 bits per heavy atom. The van der Waals surface area contributed by atoms with Gasteiger partial charge in [0.2, 0.25) is 5.91 Å². The van der Waals surface area contributed by atoms with Crippen molar-refractivity contribution in [2.24, 2.45) is 5.41 Å². The van der Waals surface area contributed by atoms with Crippen molar-refractivity contribution >= 4 is 5.91 Å². The first-order valence-corrected chi connectivity index (χ1v) is 5.88. The van der Waals surface area contributed by atoms with E-state index in [1.54, 1.807) is 17.1 Å². The fourth-order valence-corrected chi connectivity index (χ4v) is 1.91. The highest BCUT2D eigenvalue weighted by atomic mass is 16.5. The van der Waals surface area contributed by atoms with Crippen molar-refractivity contribution in [2.45, 2.75) is 19.4 Å². The molecule has 1 fully saturated rings. The van der Waals surface area contributed by atoms with E-state index in [0.717, 1.165) is 0 Å². The molecule has 0 aliphatic carbocycles. The van der Waals surface area contributed by atoms with Crippen molar-refractivity contribution < 1.29 is 9.53 Å². The third-order valence-corrected chi connectivity index (χ3v) is 3.09. The number of nitrogens with one attached hydrogen (secondary N) is 1. The molecule has 0 unspecified atom stereocenters. The monoisotopic (exact) mass is 249 g/mol. The van der Waals surface area contributed by atoms with Crippen LogP contribution < -0.4 is 5.32 Å². The molecule has 1 amide bonds. The van der Waals surface area contributed by atoms with Gasteiger partial charge in [-0.15, -0.1) is 5.10 Å². The second kappa shape index (κ2) is 5.60. The van der Waals surface area contributed by atoms with E-state index < -0.39 is 5.41 Å². The maximum absolute atomic E-state index is 12.0. The molecule has 0 saturated carbocycles. The Balaban J connectivity index is 1.84. The van der Waals surface area contributed by atoms with E-state index in [-0.39, 0.29) is 5.91 Å². The quantitative estimate of drug-likeness (QED) is 0.791. The largest absolute Gasteiger partial charge is 0.381 e. The summed E-state index contributed by atoms with van der Waals surface area (Å²) in [6.45, 7) is 1.91. The van der Waals surface area contributed by atoms with Gasteiger partial charge in [-0.2, -0.15) is 5.26 Å². The van der Waals surface area contributed by atoms with Gasteiger partial charge in [0, 0.05) is 26.0 Å². The van der Waals surface area contributed by atoms with E-state index in [1.165, 1.54) is 0 Å². The molecule has 0 atom stereocenters. The van der Waals surface area contributed by atoms with Crippen LogP contribution in [-0.2, 0) is 16.1 Å². The number of nitriles is 1. The van der Waals surface area contributed by atoms with E-state index in [1.807, 2.05) is 0 Å². The Bertz CT molecular complexity index is 431. The van der Waals surface area contributed by atoms with Crippen LogP contribution in [0, 0.1) is 16.7 Å². The average Bonchev–Trinajstić information content (AvgIpc) is 2.92. The third kappa shape index (κ3) is 2.65. The summed E-state index contributed by atoms with van der Waals surface area (Å²) in [5.74, 6) is -0.214. The number of hydrogen-bond acceptors (Lipinski definition) is 5. The zero-order valence-electron chi connectivity index (χ0n) is 10.0. The Kier molecular flexibility index (Phi) is 3.89. The van der Waals surface area contributed by atoms with Gasteiger partial charge in [-0.1, -0.05) is 5.21 Å². The standard InChI is InChI=1S/C11H15N5O2/c12-9-11(1-7-18-8-2-11)10(17)13-3-5-16-6-4-14-15-16/h4,6H,1-3,5,7-8H2,(H,13,17). The van der Waals surface area contributed by atoms with E-state index >= 15 is 0 Å². The van der Waals surface area contributed by atoms with Gasteiger partial charge >= 0.3 is 0 Å². The Morgan fingerprint density at radius 3 is 2.94 bits per heavy atom.